The molecule has 0 fully saturated rings. The Kier molecular flexibility index (Phi) is 10.4. The van der Waals surface area contributed by atoms with Gasteiger partial charge in [0.2, 0.25) is 11.8 Å². The Bertz CT molecular complexity index is 1350. The monoisotopic (exact) mass is 603 g/mol. The fraction of sp³-hybridized carbons (Fsp3) is 0.286. The Balaban J connectivity index is 2.00. The minimum absolute atomic E-state index is 0.0128. The molecule has 1 atom stereocenters. The van der Waals surface area contributed by atoms with Crippen LogP contribution in [-0.2, 0) is 26.2 Å². The summed E-state index contributed by atoms with van der Waals surface area (Å²) < 4.78 is 43.6. The topological polar surface area (TPSA) is 86.8 Å². The van der Waals surface area contributed by atoms with Crippen molar-refractivity contribution in [2.75, 3.05) is 17.4 Å². The van der Waals surface area contributed by atoms with E-state index in [9.17, 15) is 22.4 Å². The van der Waals surface area contributed by atoms with Crippen molar-refractivity contribution < 1.29 is 22.4 Å². The fourth-order valence-electron chi connectivity index (χ4n) is 3.81. The van der Waals surface area contributed by atoms with Crippen LogP contribution in [-0.4, -0.2) is 44.3 Å². The van der Waals surface area contributed by atoms with Gasteiger partial charge in [-0.3, -0.25) is 13.9 Å². The lowest BCUT2D eigenvalue weighted by atomic mass is 10.1. The van der Waals surface area contributed by atoms with Crippen molar-refractivity contribution in [3.63, 3.8) is 0 Å². The van der Waals surface area contributed by atoms with Crippen molar-refractivity contribution in [1.82, 2.24) is 10.2 Å². The summed E-state index contributed by atoms with van der Waals surface area (Å²) in [6.07, 6.45) is 1.65. The molecule has 1 N–H and O–H groups in total. The van der Waals surface area contributed by atoms with Crippen LogP contribution in [0.5, 0.6) is 0 Å². The quantitative estimate of drug-likeness (QED) is 0.291. The van der Waals surface area contributed by atoms with Crippen LogP contribution >= 0.6 is 15.9 Å². The van der Waals surface area contributed by atoms with E-state index >= 15 is 0 Å². The van der Waals surface area contributed by atoms with Gasteiger partial charge in [0.25, 0.3) is 10.0 Å². The molecular weight excluding hydrogens is 573 g/mol. The van der Waals surface area contributed by atoms with Crippen LogP contribution in [0.4, 0.5) is 10.1 Å². The number of benzene rings is 3. The van der Waals surface area contributed by atoms with Crippen molar-refractivity contribution in [1.29, 1.82) is 0 Å². The van der Waals surface area contributed by atoms with E-state index < -0.39 is 40.2 Å². The van der Waals surface area contributed by atoms with Gasteiger partial charge >= 0.3 is 0 Å². The predicted molar refractivity (Wildman–Crippen MR) is 149 cm³/mol. The Morgan fingerprint density at radius 1 is 1.00 bits per heavy atom. The van der Waals surface area contributed by atoms with Crippen LogP contribution in [0, 0.1) is 5.82 Å². The van der Waals surface area contributed by atoms with E-state index in [0.717, 1.165) is 17.1 Å². The summed E-state index contributed by atoms with van der Waals surface area (Å²) in [4.78, 5) is 27.9. The lowest BCUT2D eigenvalue weighted by Gasteiger charge is -2.32. The van der Waals surface area contributed by atoms with Gasteiger partial charge in [-0.1, -0.05) is 71.7 Å². The second-order valence-electron chi connectivity index (χ2n) is 8.74. The summed E-state index contributed by atoms with van der Waals surface area (Å²) >= 11 is 3.36. The number of anilines is 1. The molecule has 7 nitrogen and oxygen atoms in total. The lowest BCUT2D eigenvalue weighted by Crippen LogP contribution is -2.51. The molecule has 0 saturated heterocycles. The highest BCUT2D eigenvalue weighted by atomic mass is 79.9. The summed E-state index contributed by atoms with van der Waals surface area (Å²) in [7, 11) is -4.15. The Labute approximate surface area is 231 Å². The molecule has 0 spiro atoms. The highest BCUT2D eigenvalue weighted by Crippen LogP contribution is 2.27. The number of rotatable bonds is 12. The van der Waals surface area contributed by atoms with E-state index in [0.29, 0.717) is 11.0 Å². The Morgan fingerprint density at radius 3 is 2.34 bits per heavy atom. The Hall–Kier alpha value is -3.24. The average Bonchev–Trinajstić information content (AvgIpc) is 2.91. The maximum absolute atomic E-state index is 14.6. The molecular formula is C28H31BrFN3O4S. The summed E-state index contributed by atoms with van der Waals surface area (Å²) in [5.74, 6) is -1.57. The number of halogens is 2. The largest absolute Gasteiger partial charge is 0.354 e. The first-order valence-corrected chi connectivity index (χ1v) is 14.5. The number of unbranched alkanes of at least 4 members (excludes halogenated alkanes) is 1. The first-order chi connectivity index (χ1) is 18.1. The number of carbonyl (C=O) groups is 2. The third-order valence-electron chi connectivity index (χ3n) is 6.00. The number of nitrogens with zero attached hydrogens (tertiary/aromatic N) is 2. The van der Waals surface area contributed by atoms with E-state index in [4.69, 9.17) is 0 Å². The lowest BCUT2D eigenvalue weighted by molar-refractivity contribution is -0.139. The van der Waals surface area contributed by atoms with Crippen LogP contribution in [0.1, 0.15) is 32.3 Å². The fourth-order valence-corrected chi connectivity index (χ4v) is 5.62. The van der Waals surface area contributed by atoms with Crippen molar-refractivity contribution >= 4 is 43.5 Å². The van der Waals surface area contributed by atoms with Gasteiger partial charge in [-0.25, -0.2) is 12.8 Å². The molecule has 0 aromatic heterocycles. The number of sulfonamides is 1. The number of hydrogen-bond acceptors (Lipinski definition) is 4. The molecule has 202 valence electrons. The second-order valence-corrected chi connectivity index (χ2v) is 11.5. The molecule has 3 rings (SSSR count). The standard InChI is InChI=1S/C28H31BrFN3O4S/c1-3-4-17-31-28(35)21(2)32(19-22-11-8-9-16-26(22)30)27(34)20-33(24-13-10-12-23(29)18-24)38(36,37)25-14-6-5-7-15-25/h5-16,18,21H,3-4,17,19-20H2,1-2H3,(H,31,35)/t21-/m0/s1. The van der Waals surface area contributed by atoms with Gasteiger partial charge in [0.15, 0.2) is 0 Å². The highest BCUT2D eigenvalue weighted by Gasteiger charge is 2.32. The second kappa shape index (κ2) is 13.5. The van der Waals surface area contributed by atoms with Crippen LogP contribution in [0.15, 0.2) is 88.2 Å². The smallest absolute Gasteiger partial charge is 0.264 e. The van der Waals surface area contributed by atoms with Crippen molar-refractivity contribution in [3.8, 4) is 0 Å². The zero-order valence-corrected chi connectivity index (χ0v) is 23.7. The summed E-state index contributed by atoms with van der Waals surface area (Å²) in [5.41, 5.74) is 0.483. The van der Waals surface area contributed by atoms with Crippen LogP contribution in [0.25, 0.3) is 0 Å². The maximum atomic E-state index is 14.6. The number of hydrogen-bond donors (Lipinski definition) is 1. The van der Waals surface area contributed by atoms with E-state index in [1.807, 2.05) is 6.92 Å². The average molecular weight is 605 g/mol. The van der Waals surface area contributed by atoms with E-state index in [1.54, 1.807) is 55.5 Å². The SMILES string of the molecule is CCCCNC(=O)[C@H](C)N(Cc1ccccc1F)C(=O)CN(c1cccc(Br)c1)S(=O)(=O)c1ccccc1. The van der Waals surface area contributed by atoms with E-state index in [1.165, 1.54) is 35.2 Å². The molecule has 0 aliphatic carbocycles. The molecule has 0 aliphatic rings. The van der Waals surface area contributed by atoms with Gasteiger partial charge in [0.05, 0.1) is 10.6 Å². The zero-order valence-electron chi connectivity index (χ0n) is 21.3. The molecule has 10 heteroatoms. The van der Waals surface area contributed by atoms with Gasteiger partial charge in [-0.15, -0.1) is 0 Å². The minimum atomic E-state index is -4.15. The number of carbonyl (C=O) groups excluding carboxylic acids is 2. The number of nitrogens with one attached hydrogen (secondary N) is 1. The Morgan fingerprint density at radius 2 is 1.68 bits per heavy atom. The van der Waals surface area contributed by atoms with Crippen LogP contribution in [0.3, 0.4) is 0 Å². The predicted octanol–water partition coefficient (Wildman–Crippen LogP) is 5.12. The van der Waals surface area contributed by atoms with Crippen molar-refractivity contribution in [2.45, 2.75) is 44.2 Å². The molecule has 0 saturated carbocycles. The molecule has 0 radical (unpaired) electrons. The summed E-state index contributed by atoms with van der Waals surface area (Å²) in [6, 6.07) is 19.4. The minimum Gasteiger partial charge on any atom is -0.354 e. The molecule has 38 heavy (non-hydrogen) atoms. The van der Waals surface area contributed by atoms with Crippen LogP contribution < -0.4 is 9.62 Å². The molecule has 0 heterocycles. The molecule has 3 aromatic carbocycles. The van der Waals surface area contributed by atoms with Gasteiger partial charge < -0.3 is 10.2 Å². The normalized spacial score (nSPS) is 12.0. The van der Waals surface area contributed by atoms with E-state index in [-0.39, 0.29) is 22.7 Å². The van der Waals surface area contributed by atoms with Crippen LogP contribution in [0.2, 0.25) is 0 Å². The first kappa shape index (κ1) is 29.3. The summed E-state index contributed by atoms with van der Waals surface area (Å²) in [6.45, 7) is 3.19. The molecule has 3 aromatic rings. The molecule has 0 aliphatic heterocycles. The zero-order chi connectivity index (χ0) is 27.7. The third kappa shape index (κ3) is 7.41. The molecule has 0 bridgehead atoms. The van der Waals surface area contributed by atoms with E-state index in [2.05, 4.69) is 21.2 Å². The summed E-state index contributed by atoms with van der Waals surface area (Å²) in [5, 5.41) is 2.80. The molecule has 0 unspecified atom stereocenters. The molecule has 2 amide bonds. The van der Waals surface area contributed by atoms with Crippen molar-refractivity contribution in [2.24, 2.45) is 0 Å². The first-order valence-electron chi connectivity index (χ1n) is 12.3. The van der Waals surface area contributed by atoms with Gasteiger partial charge in [-0.2, -0.15) is 0 Å². The van der Waals surface area contributed by atoms with Gasteiger partial charge in [0.1, 0.15) is 18.4 Å². The highest BCUT2D eigenvalue weighted by molar-refractivity contribution is 9.10. The van der Waals surface area contributed by atoms with Crippen molar-refractivity contribution in [3.05, 3.63) is 94.7 Å². The third-order valence-corrected chi connectivity index (χ3v) is 8.28. The van der Waals surface area contributed by atoms with Gasteiger partial charge in [0, 0.05) is 23.1 Å². The maximum Gasteiger partial charge on any atom is 0.264 e. The van der Waals surface area contributed by atoms with Gasteiger partial charge in [-0.05, 0) is 49.7 Å². The number of amides is 2.